The Morgan fingerprint density at radius 3 is 2.15 bits per heavy atom. The van der Waals surface area contributed by atoms with Crippen LogP contribution in [0.1, 0.15) is 28.2 Å². The summed E-state index contributed by atoms with van der Waals surface area (Å²) in [5, 5.41) is 14.1. The number of alkyl halides is 3. The molecule has 2 N–H and O–H groups in total. The Bertz CT molecular complexity index is 1420. The number of hydrogen-bond acceptors (Lipinski definition) is 4. The number of anilines is 5. The molecule has 0 bridgehead atoms. The summed E-state index contributed by atoms with van der Waals surface area (Å²) in [5.74, 6) is 1.04. The van der Waals surface area contributed by atoms with E-state index in [9.17, 15) is 18.3 Å². The second-order valence-electron chi connectivity index (χ2n) is 8.34. The molecule has 0 radical (unpaired) electrons. The van der Waals surface area contributed by atoms with Crippen LogP contribution in [0, 0.1) is 0 Å². The van der Waals surface area contributed by atoms with E-state index in [2.05, 4.69) is 5.32 Å². The third-order valence-corrected chi connectivity index (χ3v) is 6.57. The van der Waals surface area contributed by atoms with Gasteiger partial charge in [-0.15, -0.1) is 0 Å². The Labute approximate surface area is 186 Å². The van der Waals surface area contributed by atoms with Gasteiger partial charge in [0.25, 0.3) is 0 Å². The summed E-state index contributed by atoms with van der Waals surface area (Å²) in [6.07, 6.45) is -4.54. The van der Waals surface area contributed by atoms with Crippen molar-refractivity contribution in [1.29, 1.82) is 0 Å². The van der Waals surface area contributed by atoms with Crippen molar-refractivity contribution in [1.82, 2.24) is 0 Å². The monoisotopic (exact) mass is 444 g/mol. The minimum Gasteiger partial charge on any atom is -0.506 e. The van der Waals surface area contributed by atoms with E-state index in [0.717, 1.165) is 52.0 Å². The molecule has 0 aliphatic carbocycles. The molecule has 162 valence electrons. The van der Waals surface area contributed by atoms with Gasteiger partial charge in [0.05, 0.1) is 22.6 Å². The Hall–Kier alpha value is -4.13. The molecule has 0 fully saturated rings. The third-order valence-electron chi connectivity index (χ3n) is 6.57. The van der Waals surface area contributed by atoms with Crippen LogP contribution >= 0.6 is 0 Å². The molecule has 7 rings (SSSR count). The van der Waals surface area contributed by atoms with E-state index < -0.39 is 11.7 Å². The lowest BCUT2D eigenvalue weighted by Crippen LogP contribution is -2.28. The SMILES string of the molecule is Oc1ccc(C(F)(F)F)cc1N1c2cccc3c2C2c4c(cccc4Oc4cccc1c42)N3. The number of phenolic OH excluding ortho intramolecular Hbond substituents is 1. The molecule has 1 unspecified atom stereocenters. The van der Waals surface area contributed by atoms with Crippen molar-refractivity contribution in [2.45, 2.75) is 12.1 Å². The summed E-state index contributed by atoms with van der Waals surface area (Å²) in [6.45, 7) is 0. The van der Waals surface area contributed by atoms with Gasteiger partial charge >= 0.3 is 6.18 Å². The van der Waals surface area contributed by atoms with E-state index in [4.69, 9.17) is 4.74 Å². The molecule has 33 heavy (non-hydrogen) atoms. The van der Waals surface area contributed by atoms with Crippen LogP contribution in [-0.2, 0) is 6.18 Å². The largest absolute Gasteiger partial charge is 0.506 e. The Morgan fingerprint density at radius 2 is 1.39 bits per heavy atom. The zero-order chi connectivity index (χ0) is 22.5. The van der Waals surface area contributed by atoms with E-state index in [1.807, 2.05) is 54.6 Å². The molecule has 3 aliphatic rings. The first-order valence-electron chi connectivity index (χ1n) is 10.5. The average molecular weight is 444 g/mol. The van der Waals surface area contributed by atoms with Gasteiger partial charge in [0.15, 0.2) is 0 Å². The molecule has 4 aromatic carbocycles. The van der Waals surface area contributed by atoms with E-state index in [1.54, 1.807) is 4.90 Å². The second kappa shape index (κ2) is 6.01. The van der Waals surface area contributed by atoms with Gasteiger partial charge in [-0.1, -0.05) is 18.2 Å². The van der Waals surface area contributed by atoms with Crippen LogP contribution in [0.25, 0.3) is 0 Å². The third kappa shape index (κ3) is 2.36. The maximum atomic E-state index is 13.6. The number of benzene rings is 4. The van der Waals surface area contributed by atoms with Crippen molar-refractivity contribution < 1.29 is 23.0 Å². The van der Waals surface area contributed by atoms with Crippen molar-refractivity contribution in [2.75, 3.05) is 10.2 Å². The van der Waals surface area contributed by atoms with Crippen LogP contribution in [0.3, 0.4) is 0 Å². The molecular formula is C26H15F3N2O2. The predicted octanol–water partition coefficient (Wildman–Crippen LogP) is 7.54. The Morgan fingerprint density at radius 1 is 0.758 bits per heavy atom. The highest BCUT2D eigenvalue weighted by molar-refractivity contribution is 5.96. The lowest BCUT2D eigenvalue weighted by Gasteiger charge is -2.44. The molecule has 4 nitrogen and oxygen atoms in total. The first-order chi connectivity index (χ1) is 15.9. The summed E-state index contributed by atoms with van der Waals surface area (Å²) in [5.41, 5.74) is 5.27. The summed E-state index contributed by atoms with van der Waals surface area (Å²) in [6, 6.07) is 20.1. The number of rotatable bonds is 1. The van der Waals surface area contributed by atoms with Gasteiger partial charge in [-0.3, -0.25) is 0 Å². The molecule has 0 amide bonds. The number of aromatic hydroxyl groups is 1. The van der Waals surface area contributed by atoms with Crippen molar-refractivity contribution in [2.24, 2.45) is 0 Å². The summed E-state index contributed by atoms with van der Waals surface area (Å²) in [4.78, 5) is 1.70. The average Bonchev–Trinajstić information content (AvgIpc) is 2.79. The predicted molar refractivity (Wildman–Crippen MR) is 119 cm³/mol. The minimum atomic E-state index is -4.54. The highest BCUT2D eigenvalue weighted by atomic mass is 19.4. The fourth-order valence-corrected chi connectivity index (χ4v) is 5.27. The number of ether oxygens (including phenoxy) is 1. The number of nitrogens with zero attached hydrogens (tertiary/aromatic N) is 1. The number of nitrogens with one attached hydrogen (secondary N) is 1. The van der Waals surface area contributed by atoms with Crippen molar-refractivity contribution in [3.63, 3.8) is 0 Å². The molecular weight excluding hydrogens is 429 g/mol. The van der Waals surface area contributed by atoms with Crippen LogP contribution in [0.5, 0.6) is 17.2 Å². The lowest BCUT2D eigenvalue weighted by atomic mass is 9.75. The zero-order valence-corrected chi connectivity index (χ0v) is 16.9. The molecule has 3 aliphatic heterocycles. The zero-order valence-electron chi connectivity index (χ0n) is 16.9. The molecule has 0 spiro atoms. The van der Waals surface area contributed by atoms with Crippen LogP contribution in [0.4, 0.5) is 41.6 Å². The summed E-state index contributed by atoms with van der Waals surface area (Å²) in [7, 11) is 0. The van der Waals surface area contributed by atoms with Crippen molar-refractivity contribution in [3.8, 4) is 17.2 Å². The molecule has 0 saturated heterocycles. The fraction of sp³-hybridized carbons (Fsp3) is 0.0769. The molecule has 0 saturated carbocycles. The standard InChI is InChI=1S/C26H15F3N2O2/c27-26(28,29)13-10-11-19(32)18(12-13)31-16-6-1-4-14-22(16)25-23-15(30-14)5-2-8-20(23)33-21-9-3-7-17(31)24(21)25/h1-12,25,30,32H. The first kappa shape index (κ1) is 18.4. The Balaban J connectivity index is 1.57. The van der Waals surface area contributed by atoms with E-state index in [1.165, 1.54) is 0 Å². The maximum absolute atomic E-state index is 13.6. The highest BCUT2D eigenvalue weighted by Crippen LogP contribution is 2.63. The van der Waals surface area contributed by atoms with Crippen molar-refractivity contribution >= 4 is 28.4 Å². The normalized spacial score (nSPS) is 16.6. The van der Waals surface area contributed by atoms with Crippen LogP contribution in [0.15, 0.2) is 72.8 Å². The second-order valence-corrected chi connectivity index (χ2v) is 8.34. The van der Waals surface area contributed by atoms with E-state index >= 15 is 0 Å². The Kier molecular flexibility index (Phi) is 3.36. The summed E-state index contributed by atoms with van der Waals surface area (Å²) >= 11 is 0. The van der Waals surface area contributed by atoms with E-state index in [0.29, 0.717) is 17.1 Å². The fourth-order valence-electron chi connectivity index (χ4n) is 5.27. The van der Waals surface area contributed by atoms with E-state index in [-0.39, 0.29) is 17.4 Å². The van der Waals surface area contributed by atoms with Crippen LogP contribution in [0.2, 0.25) is 0 Å². The number of hydrogen-bond donors (Lipinski definition) is 2. The van der Waals surface area contributed by atoms with Gasteiger partial charge in [-0.2, -0.15) is 13.2 Å². The van der Waals surface area contributed by atoms with Gasteiger partial charge in [0.2, 0.25) is 0 Å². The van der Waals surface area contributed by atoms with Gasteiger partial charge in [0.1, 0.15) is 17.2 Å². The molecule has 0 aromatic heterocycles. The van der Waals surface area contributed by atoms with Crippen LogP contribution < -0.4 is 15.0 Å². The topological polar surface area (TPSA) is 44.7 Å². The smallest absolute Gasteiger partial charge is 0.416 e. The highest BCUT2D eigenvalue weighted by Gasteiger charge is 2.44. The number of phenols is 1. The van der Waals surface area contributed by atoms with Gasteiger partial charge in [-0.25, -0.2) is 0 Å². The number of halogens is 3. The minimum absolute atomic E-state index is 0.0646. The molecule has 4 aromatic rings. The molecule has 7 heteroatoms. The van der Waals surface area contributed by atoms with Gasteiger partial charge < -0.3 is 20.1 Å². The summed E-state index contributed by atoms with van der Waals surface area (Å²) < 4.78 is 46.9. The quantitative estimate of drug-likeness (QED) is 0.275. The first-order valence-corrected chi connectivity index (χ1v) is 10.5. The van der Waals surface area contributed by atoms with Crippen molar-refractivity contribution in [3.05, 3.63) is 95.1 Å². The van der Waals surface area contributed by atoms with Gasteiger partial charge in [0, 0.05) is 34.0 Å². The van der Waals surface area contributed by atoms with Crippen LogP contribution in [-0.4, -0.2) is 5.11 Å². The lowest BCUT2D eigenvalue weighted by molar-refractivity contribution is -0.137. The molecule has 3 heterocycles. The maximum Gasteiger partial charge on any atom is 0.416 e. The molecule has 1 atom stereocenters. The van der Waals surface area contributed by atoms with Gasteiger partial charge in [-0.05, 0) is 54.6 Å².